The highest BCUT2D eigenvalue weighted by atomic mass is 16.6. The zero-order chi connectivity index (χ0) is 12.8. The Kier molecular flexibility index (Phi) is 2.68. The molecule has 2 aliphatic heterocycles. The van der Waals surface area contributed by atoms with Crippen molar-refractivity contribution in [2.45, 2.75) is 46.3 Å². The third-order valence-corrected chi connectivity index (χ3v) is 3.33. The summed E-state index contributed by atoms with van der Waals surface area (Å²) in [7, 11) is 0. The lowest BCUT2D eigenvalue weighted by Crippen LogP contribution is -2.48. The molecule has 0 aromatic carbocycles. The molecule has 4 heteroatoms. The molecule has 0 saturated carbocycles. The lowest BCUT2D eigenvalue weighted by molar-refractivity contribution is 0.0558. The molecule has 0 radical (unpaired) electrons. The number of amides is 1. The van der Waals surface area contributed by atoms with Gasteiger partial charge in [-0.2, -0.15) is 0 Å². The van der Waals surface area contributed by atoms with Gasteiger partial charge in [-0.1, -0.05) is 0 Å². The summed E-state index contributed by atoms with van der Waals surface area (Å²) in [5.41, 5.74) is 2.71. The first-order valence-electron chi connectivity index (χ1n) is 6.00. The molecule has 1 amide bonds. The van der Waals surface area contributed by atoms with E-state index in [4.69, 9.17) is 4.74 Å². The van der Waals surface area contributed by atoms with Crippen molar-refractivity contribution in [2.24, 2.45) is 0 Å². The summed E-state index contributed by atoms with van der Waals surface area (Å²) in [6, 6.07) is 0.420. The van der Waals surface area contributed by atoms with Crippen molar-refractivity contribution in [3.63, 3.8) is 0 Å². The highest BCUT2D eigenvalue weighted by Crippen LogP contribution is 2.33. The minimum atomic E-state index is -0.540. The minimum absolute atomic E-state index is 0.356. The van der Waals surface area contributed by atoms with Crippen LogP contribution in [0.5, 0.6) is 0 Å². The summed E-state index contributed by atoms with van der Waals surface area (Å²) < 4.78 is 5.32. The Morgan fingerprint density at radius 2 is 2.12 bits per heavy atom. The van der Waals surface area contributed by atoms with Crippen LogP contribution in [0.2, 0.25) is 0 Å². The molecule has 2 heterocycles. The smallest absolute Gasteiger partial charge is 0.412 e. The molecule has 0 bridgehead atoms. The largest absolute Gasteiger partial charge is 0.438 e. The lowest BCUT2D eigenvalue weighted by atomic mass is 9.91. The number of nitrogens with one attached hydrogen (secondary N) is 1. The van der Waals surface area contributed by atoms with E-state index < -0.39 is 5.60 Å². The van der Waals surface area contributed by atoms with Gasteiger partial charge in [0.2, 0.25) is 0 Å². The first-order chi connectivity index (χ1) is 7.81. The van der Waals surface area contributed by atoms with Gasteiger partial charge in [0, 0.05) is 23.0 Å². The van der Waals surface area contributed by atoms with Crippen molar-refractivity contribution >= 4 is 6.09 Å². The predicted octanol–water partition coefficient (Wildman–Crippen LogP) is 2.39. The summed E-state index contributed by atoms with van der Waals surface area (Å²) in [5, 5.41) is 2.81. The zero-order valence-corrected chi connectivity index (χ0v) is 11.1. The number of ether oxygens (including phenoxy) is 1. The number of nitrogens with zero attached hydrogens (tertiary/aromatic N) is 1. The van der Waals surface area contributed by atoms with E-state index in [0.717, 1.165) is 17.8 Å². The molecule has 94 valence electrons. The van der Waals surface area contributed by atoms with Gasteiger partial charge in [0.1, 0.15) is 5.60 Å². The molecule has 0 fully saturated rings. The number of rotatable bonds is 1. The Bertz CT molecular complexity index is 419. The van der Waals surface area contributed by atoms with Crippen molar-refractivity contribution in [1.82, 2.24) is 10.2 Å². The first kappa shape index (κ1) is 12.0. The molecule has 17 heavy (non-hydrogen) atoms. The standard InChI is InChI=1S/C13H20N2O2/c1-8(2)15-7-11-10(6-9(15)3)13(4,5)17-12(16)14-11/h6,8H,7H2,1-5H3,(H,14,16). The number of carbonyl (C=O) groups excluding carboxylic acids is 1. The maximum absolute atomic E-state index is 11.5. The average molecular weight is 236 g/mol. The van der Waals surface area contributed by atoms with Crippen LogP contribution in [-0.2, 0) is 4.74 Å². The van der Waals surface area contributed by atoms with Gasteiger partial charge in [-0.25, -0.2) is 4.79 Å². The van der Waals surface area contributed by atoms with Gasteiger partial charge in [-0.3, -0.25) is 5.32 Å². The topological polar surface area (TPSA) is 41.6 Å². The lowest BCUT2D eigenvalue weighted by Gasteiger charge is -2.41. The number of cyclic esters (lactones) is 1. The molecule has 0 aromatic heterocycles. The molecule has 0 atom stereocenters. The second-order valence-corrected chi connectivity index (χ2v) is 5.42. The van der Waals surface area contributed by atoms with Crippen LogP contribution in [0.3, 0.4) is 0 Å². The van der Waals surface area contributed by atoms with Crippen LogP contribution in [0, 0.1) is 0 Å². The van der Waals surface area contributed by atoms with E-state index in [1.165, 1.54) is 5.70 Å². The summed E-state index contributed by atoms with van der Waals surface area (Å²) in [5.74, 6) is 0. The van der Waals surface area contributed by atoms with Gasteiger partial charge < -0.3 is 9.64 Å². The minimum Gasteiger partial charge on any atom is -0.438 e. The second-order valence-electron chi connectivity index (χ2n) is 5.42. The van der Waals surface area contributed by atoms with Crippen LogP contribution < -0.4 is 5.32 Å². The quantitative estimate of drug-likeness (QED) is 0.760. The van der Waals surface area contributed by atoms with E-state index >= 15 is 0 Å². The molecule has 4 nitrogen and oxygen atoms in total. The molecule has 0 saturated heterocycles. The maximum atomic E-state index is 11.5. The second kappa shape index (κ2) is 3.79. The van der Waals surface area contributed by atoms with Crippen molar-refractivity contribution in [2.75, 3.05) is 6.54 Å². The first-order valence-corrected chi connectivity index (χ1v) is 6.00. The summed E-state index contributed by atoms with van der Waals surface area (Å²) >= 11 is 0. The highest BCUT2D eigenvalue weighted by Gasteiger charge is 2.37. The maximum Gasteiger partial charge on any atom is 0.412 e. The zero-order valence-electron chi connectivity index (χ0n) is 11.1. The Morgan fingerprint density at radius 3 is 2.71 bits per heavy atom. The normalized spacial score (nSPS) is 23.1. The number of alkyl carbamates (subject to hydrolysis) is 1. The average Bonchev–Trinajstić information content (AvgIpc) is 2.17. The van der Waals surface area contributed by atoms with E-state index in [0.29, 0.717) is 6.04 Å². The molecule has 0 spiro atoms. The van der Waals surface area contributed by atoms with Crippen molar-refractivity contribution in [1.29, 1.82) is 0 Å². The van der Waals surface area contributed by atoms with Crippen LogP contribution in [0.25, 0.3) is 0 Å². The molecule has 1 N–H and O–H groups in total. The third kappa shape index (κ3) is 2.04. The van der Waals surface area contributed by atoms with Gasteiger partial charge in [-0.05, 0) is 40.7 Å². The summed E-state index contributed by atoms with van der Waals surface area (Å²) in [6.07, 6.45) is 1.75. The van der Waals surface area contributed by atoms with Crippen LogP contribution in [0.1, 0.15) is 34.6 Å². The van der Waals surface area contributed by atoms with Gasteiger partial charge in [0.05, 0.1) is 6.54 Å². The summed E-state index contributed by atoms with van der Waals surface area (Å²) in [6.45, 7) is 11.0. The molecule has 2 aliphatic rings. The number of hydrogen-bond acceptors (Lipinski definition) is 3. The van der Waals surface area contributed by atoms with Gasteiger partial charge in [-0.15, -0.1) is 0 Å². The Balaban J connectivity index is 2.40. The fraction of sp³-hybridized carbons (Fsp3) is 0.615. The number of hydrogen-bond donors (Lipinski definition) is 1. The van der Waals surface area contributed by atoms with Gasteiger partial charge in [0.15, 0.2) is 0 Å². The van der Waals surface area contributed by atoms with Crippen molar-refractivity contribution < 1.29 is 9.53 Å². The van der Waals surface area contributed by atoms with E-state index in [2.05, 4.69) is 37.1 Å². The van der Waals surface area contributed by atoms with E-state index in [9.17, 15) is 4.79 Å². The van der Waals surface area contributed by atoms with Gasteiger partial charge in [0.25, 0.3) is 0 Å². The van der Waals surface area contributed by atoms with Crippen LogP contribution >= 0.6 is 0 Å². The molecular formula is C13H20N2O2. The fourth-order valence-corrected chi connectivity index (χ4v) is 2.43. The highest BCUT2D eigenvalue weighted by molar-refractivity contribution is 5.73. The van der Waals surface area contributed by atoms with E-state index in [-0.39, 0.29) is 6.09 Å². The van der Waals surface area contributed by atoms with Crippen molar-refractivity contribution in [3.8, 4) is 0 Å². The third-order valence-electron chi connectivity index (χ3n) is 3.33. The predicted molar refractivity (Wildman–Crippen MR) is 66.3 cm³/mol. The Morgan fingerprint density at radius 1 is 1.47 bits per heavy atom. The van der Waals surface area contributed by atoms with Crippen LogP contribution in [0.15, 0.2) is 23.0 Å². The van der Waals surface area contributed by atoms with Crippen molar-refractivity contribution in [3.05, 3.63) is 23.0 Å². The van der Waals surface area contributed by atoms with Crippen LogP contribution in [0.4, 0.5) is 4.79 Å². The van der Waals surface area contributed by atoms with Gasteiger partial charge >= 0.3 is 6.09 Å². The Hall–Kier alpha value is -1.45. The molecule has 0 aliphatic carbocycles. The number of allylic oxidation sites excluding steroid dienone is 1. The Labute approximate surface area is 102 Å². The fourth-order valence-electron chi connectivity index (χ4n) is 2.43. The van der Waals surface area contributed by atoms with Crippen LogP contribution in [-0.4, -0.2) is 29.2 Å². The molecule has 0 unspecified atom stereocenters. The molecule has 0 aromatic rings. The SMILES string of the molecule is CC1=CC2=C(CN1C(C)C)NC(=O)OC2(C)C. The van der Waals surface area contributed by atoms with E-state index in [1.807, 2.05) is 13.8 Å². The summed E-state index contributed by atoms with van der Waals surface area (Å²) in [4.78, 5) is 13.7. The number of carbonyl (C=O) groups is 1. The molecule has 2 rings (SSSR count). The van der Waals surface area contributed by atoms with E-state index in [1.54, 1.807) is 0 Å². The monoisotopic (exact) mass is 236 g/mol. The molecular weight excluding hydrogens is 216 g/mol.